The molecule has 0 saturated carbocycles. The quantitative estimate of drug-likeness (QED) is 0.756. The maximum atomic E-state index is 11.0. The number of nitrogens with one attached hydrogen (secondary N) is 1. The summed E-state index contributed by atoms with van der Waals surface area (Å²) in [7, 11) is 1.63. The van der Waals surface area contributed by atoms with Crippen LogP contribution in [-0.2, 0) is 11.3 Å². The molecule has 0 heterocycles. The standard InChI is InChI=1S/C12H18N2O2/c1-3-10(12(13)15)14-8-9-6-4-5-7-11(9)16-2/h4-7,10,14H,3,8H2,1-2H3,(H2,13,15). The van der Waals surface area contributed by atoms with Gasteiger partial charge in [-0.05, 0) is 12.5 Å². The number of rotatable bonds is 6. The number of nitrogens with two attached hydrogens (primary N) is 1. The average molecular weight is 222 g/mol. The van der Waals surface area contributed by atoms with Gasteiger partial charge >= 0.3 is 0 Å². The van der Waals surface area contributed by atoms with Crippen molar-refractivity contribution in [3.05, 3.63) is 29.8 Å². The lowest BCUT2D eigenvalue weighted by atomic mass is 10.1. The number of hydrogen-bond donors (Lipinski definition) is 2. The lowest BCUT2D eigenvalue weighted by Gasteiger charge is -2.14. The van der Waals surface area contributed by atoms with Crippen LogP contribution < -0.4 is 15.8 Å². The zero-order valence-electron chi connectivity index (χ0n) is 9.69. The molecule has 4 nitrogen and oxygen atoms in total. The van der Waals surface area contributed by atoms with E-state index in [2.05, 4.69) is 5.32 Å². The summed E-state index contributed by atoms with van der Waals surface area (Å²) < 4.78 is 5.22. The first kappa shape index (κ1) is 12.5. The Bertz CT molecular complexity index is 353. The topological polar surface area (TPSA) is 64.3 Å². The van der Waals surface area contributed by atoms with Crippen LogP contribution in [0.1, 0.15) is 18.9 Å². The van der Waals surface area contributed by atoms with Gasteiger partial charge in [0.2, 0.25) is 5.91 Å². The molecule has 1 amide bonds. The van der Waals surface area contributed by atoms with E-state index in [0.717, 1.165) is 11.3 Å². The highest BCUT2D eigenvalue weighted by Gasteiger charge is 2.12. The minimum Gasteiger partial charge on any atom is -0.496 e. The van der Waals surface area contributed by atoms with Gasteiger partial charge < -0.3 is 15.8 Å². The number of carbonyl (C=O) groups is 1. The van der Waals surface area contributed by atoms with Gasteiger partial charge in [0, 0.05) is 12.1 Å². The molecule has 0 aromatic heterocycles. The van der Waals surface area contributed by atoms with Crippen LogP contribution in [0.25, 0.3) is 0 Å². The molecule has 4 heteroatoms. The highest BCUT2D eigenvalue weighted by molar-refractivity contribution is 5.79. The van der Waals surface area contributed by atoms with E-state index in [4.69, 9.17) is 10.5 Å². The van der Waals surface area contributed by atoms with E-state index in [1.165, 1.54) is 0 Å². The third kappa shape index (κ3) is 3.24. The first-order valence-corrected chi connectivity index (χ1v) is 5.33. The Hall–Kier alpha value is -1.55. The number of primary amides is 1. The predicted octanol–water partition coefficient (Wildman–Crippen LogP) is 1.05. The van der Waals surface area contributed by atoms with Crippen molar-refractivity contribution in [2.24, 2.45) is 5.73 Å². The van der Waals surface area contributed by atoms with Gasteiger partial charge in [-0.25, -0.2) is 0 Å². The van der Waals surface area contributed by atoms with Gasteiger partial charge in [0.1, 0.15) is 5.75 Å². The molecule has 88 valence electrons. The minimum absolute atomic E-state index is 0.287. The van der Waals surface area contributed by atoms with Crippen LogP contribution in [0, 0.1) is 0 Å². The van der Waals surface area contributed by atoms with Gasteiger partial charge in [-0.2, -0.15) is 0 Å². The largest absolute Gasteiger partial charge is 0.496 e. The number of hydrogen-bond acceptors (Lipinski definition) is 3. The second kappa shape index (κ2) is 6.12. The van der Waals surface area contributed by atoms with Crippen LogP contribution in [0.5, 0.6) is 5.75 Å². The highest BCUT2D eigenvalue weighted by Crippen LogP contribution is 2.16. The van der Waals surface area contributed by atoms with E-state index in [-0.39, 0.29) is 11.9 Å². The second-order valence-electron chi connectivity index (χ2n) is 3.56. The SMILES string of the molecule is CCC(NCc1ccccc1OC)C(N)=O. The van der Waals surface area contributed by atoms with Gasteiger partial charge in [-0.3, -0.25) is 4.79 Å². The normalized spacial score (nSPS) is 12.1. The molecule has 3 N–H and O–H groups in total. The summed E-state index contributed by atoms with van der Waals surface area (Å²) in [6.45, 7) is 2.50. The molecule has 1 aromatic carbocycles. The van der Waals surface area contributed by atoms with Gasteiger partial charge in [0.25, 0.3) is 0 Å². The Balaban J connectivity index is 2.63. The monoisotopic (exact) mass is 222 g/mol. The molecule has 16 heavy (non-hydrogen) atoms. The maximum Gasteiger partial charge on any atom is 0.234 e. The van der Waals surface area contributed by atoms with Crippen molar-refractivity contribution in [1.82, 2.24) is 5.32 Å². The fourth-order valence-electron chi connectivity index (χ4n) is 1.53. The molecular weight excluding hydrogens is 204 g/mol. The minimum atomic E-state index is -0.322. The Kier molecular flexibility index (Phi) is 4.79. The lowest BCUT2D eigenvalue weighted by molar-refractivity contribution is -0.120. The Morgan fingerprint density at radius 1 is 1.50 bits per heavy atom. The molecule has 1 rings (SSSR count). The van der Waals surface area contributed by atoms with Crippen molar-refractivity contribution in [2.45, 2.75) is 25.9 Å². The third-order valence-electron chi connectivity index (χ3n) is 2.48. The number of ether oxygens (including phenoxy) is 1. The van der Waals surface area contributed by atoms with Crippen LogP contribution in [0.4, 0.5) is 0 Å². The molecular formula is C12H18N2O2. The van der Waals surface area contributed by atoms with Gasteiger partial charge in [-0.15, -0.1) is 0 Å². The summed E-state index contributed by atoms with van der Waals surface area (Å²) >= 11 is 0. The first-order valence-electron chi connectivity index (χ1n) is 5.33. The van der Waals surface area contributed by atoms with E-state index < -0.39 is 0 Å². The van der Waals surface area contributed by atoms with Crippen molar-refractivity contribution >= 4 is 5.91 Å². The molecule has 0 saturated heterocycles. The van der Waals surface area contributed by atoms with Crippen LogP contribution >= 0.6 is 0 Å². The van der Waals surface area contributed by atoms with Crippen molar-refractivity contribution in [1.29, 1.82) is 0 Å². The average Bonchev–Trinajstić information content (AvgIpc) is 2.30. The molecule has 0 aliphatic rings. The Morgan fingerprint density at radius 2 is 2.19 bits per heavy atom. The smallest absolute Gasteiger partial charge is 0.234 e. The van der Waals surface area contributed by atoms with Gasteiger partial charge in [0.05, 0.1) is 13.2 Å². The fraction of sp³-hybridized carbons (Fsp3) is 0.417. The molecule has 1 unspecified atom stereocenters. The highest BCUT2D eigenvalue weighted by atomic mass is 16.5. The number of benzene rings is 1. The van der Waals surface area contributed by atoms with Crippen LogP contribution in [0.2, 0.25) is 0 Å². The summed E-state index contributed by atoms with van der Waals surface area (Å²) in [5.74, 6) is 0.492. The Morgan fingerprint density at radius 3 is 2.75 bits per heavy atom. The van der Waals surface area contributed by atoms with Crippen LogP contribution in [0.15, 0.2) is 24.3 Å². The molecule has 0 spiro atoms. The van der Waals surface area contributed by atoms with E-state index in [1.54, 1.807) is 7.11 Å². The number of methoxy groups -OCH3 is 1. The molecule has 1 aromatic rings. The van der Waals surface area contributed by atoms with Crippen molar-refractivity contribution < 1.29 is 9.53 Å². The summed E-state index contributed by atoms with van der Waals surface area (Å²) in [5, 5.41) is 3.11. The maximum absolute atomic E-state index is 11.0. The summed E-state index contributed by atoms with van der Waals surface area (Å²) in [5.41, 5.74) is 6.27. The van der Waals surface area contributed by atoms with Crippen LogP contribution in [0.3, 0.4) is 0 Å². The first-order chi connectivity index (χ1) is 7.69. The van der Waals surface area contributed by atoms with Crippen molar-refractivity contribution in [3.8, 4) is 5.75 Å². The fourth-order valence-corrected chi connectivity index (χ4v) is 1.53. The number of para-hydroxylation sites is 1. The molecule has 0 aliphatic heterocycles. The molecule has 1 atom stereocenters. The van der Waals surface area contributed by atoms with E-state index in [9.17, 15) is 4.79 Å². The number of amides is 1. The summed E-state index contributed by atoms with van der Waals surface area (Å²) in [6, 6.07) is 7.41. The summed E-state index contributed by atoms with van der Waals surface area (Å²) in [4.78, 5) is 11.0. The van der Waals surface area contributed by atoms with Gasteiger partial charge in [-0.1, -0.05) is 25.1 Å². The van der Waals surface area contributed by atoms with Crippen LogP contribution in [-0.4, -0.2) is 19.1 Å². The second-order valence-corrected chi connectivity index (χ2v) is 3.56. The molecule has 0 fully saturated rings. The lowest BCUT2D eigenvalue weighted by Crippen LogP contribution is -2.40. The van der Waals surface area contributed by atoms with E-state index >= 15 is 0 Å². The zero-order valence-corrected chi connectivity index (χ0v) is 9.69. The Labute approximate surface area is 95.8 Å². The predicted molar refractivity (Wildman–Crippen MR) is 63.1 cm³/mol. The molecule has 0 bridgehead atoms. The van der Waals surface area contributed by atoms with Crippen molar-refractivity contribution in [3.63, 3.8) is 0 Å². The van der Waals surface area contributed by atoms with E-state index in [0.29, 0.717) is 13.0 Å². The van der Waals surface area contributed by atoms with Gasteiger partial charge in [0.15, 0.2) is 0 Å². The molecule has 0 radical (unpaired) electrons. The number of carbonyl (C=O) groups excluding carboxylic acids is 1. The third-order valence-corrected chi connectivity index (χ3v) is 2.48. The summed E-state index contributed by atoms with van der Waals surface area (Å²) in [6.07, 6.45) is 0.685. The van der Waals surface area contributed by atoms with Crippen molar-refractivity contribution in [2.75, 3.05) is 7.11 Å². The molecule has 0 aliphatic carbocycles. The zero-order chi connectivity index (χ0) is 12.0. The van der Waals surface area contributed by atoms with E-state index in [1.807, 2.05) is 31.2 Å².